The molecule has 3 rings (SSSR count). The summed E-state index contributed by atoms with van der Waals surface area (Å²) in [6.07, 6.45) is 7.21. The highest BCUT2D eigenvalue weighted by atomic mass is 16.5. The molecule has 0 aromatic rings. The van der Waals surface area contributed by atoms with Gasteiger partial charge in [0.1, 0.15) is 0 Å². The molecule has 2 aliphatic heterocycles. The van der Waals surface area contributed by atoms with Crippen LogP contribution in [0.5, 0.6) is 0 Å². The second-order valence-corrected chi connectivity index (χ2v) is 5.44. The second kappa shape index (κ2) is 4.94. The number of ether oxygens (including phenoxy) is 1. The molecule has 17 heavy (non-hydrogen) atoms. The summed E-state index contributed by atoms with van der Waals surface area (Å²) in [4.78, 5) is 14.6. The topological polar surface area (TPSA) is 41.6 Å². The second-order valence-electron chi connectivity index (χ2n) is 5.44. The summed E-state index contributed by atoms with van der Waals surface area (Å²) in [7, 11) is 0. The standard InChI is InChI=1S/C13H22N2O2/c16-13(10-4-3-7-14-10)15-8-9-17-12-6-2-1-5-11(12)15/h10-12,14H,1-9H2/t10-,11?,12?/m1/s1. The van der Waals surface area contributed by atoms with Crippen LogP contribution >= 0.6 is 0 Å². The van der Waals surface area contributed by atoms with Crippen LogP contribution in [0.15, 0.2) is 0 Å². The third-order valence-electron chi connectivity index (χ3n) is 4.37. The molecule has 2 heterocycles. The molecular weight excluding hydrogens is 216 g/mol. The molecule has 1 aliphatic carbocycles. The monoisotopic (exact) mass is 238 g/mol. The van der Waals surface area contributed by atoms with Gasteiger partial charge in [-0.05, 0) is 32.2 Å². The molecule has 0 aromatic heterocycles. The van der Waals surface area contributed by atoms with E-state index in [1.165, 1.54) is 12.8 Å². The molecule has 3 fully saturated rings. The number of rotatable bonds is 1. The van der Waals surface area contributed by atoms with Gasteiger partial charge in [-0.2, -0.15) is 0 Å². The fourth-order valence-electron chi connectivity index (χ4n) is 3.47. The summed E-state index contributed by atoms with van der Waals surface area (Å²) in [6, 6.07) is 0.433. The number of morpholine rings is 1. The largest absolute Gasteiger partial charge is 0.374 e. The van der Waals surface area contributed by atoms with Gasteiger partial charge >= 0.3 is 0 Å². The fraction of sp³-hybridized carbons (Fsp3) is 0.923. The summed E-state index contributed by atoms with van der Waals surface area (Å²) < 4.78 is 5.81. The maximum atomic E-state index is 12.5. The van der Waals surface area contributed by atoms with Gasteiger partial charge in [-0.3, -0.25) is 4.79 Å². The van der Waals surface area contributed by atoms with E-state index in [1.807, 2.05) is 0 Å². The van der Waals surface area contributed by atoms with Gasteiger partial charge in [0.2, 0.25) is 5.91 Å². The van der Waals surface area contributed by atoms with Crippen molar-refractivity contribution in [2.45, 2.75) is 56.7 Å². The zero-order valence-corrected chi connectivity index (χ0v) is 10.4. The maximum Gasteiger partial charge on any atom is 0.240 e. The Morgan fingerprint density at radius 3 is 2.88 bits per heavy atom. The SMILES string of the molecule is O=C([C@H]1CCCN1)N1CCOC2CCCCC21. The molecular formula is C13H22N2O2. The number of hydrogen-bond acceptors (Lipinski definition) is 3. The molecule has 0 radical (unpaired) electrons. The lowest BCUT2D eigenvalue weighted by molar-refractivity contribution is -0.151. The van der Waals surface area contributed by atoms with Gasteiger partial charge in [-0.15, -0.1) is 0 Å². The van der Waals surface area contributed by atoms with Gasteiger partial charge in [0.15, 0.2) is 0 Å². The van der Waals surface area contributed by atoms with E-state index < -0.39 is 0 Å². The Balaban J connectivity index is 1.69. The lowest BCUT2D eigenvalue weighted by Gasteiger charge is -2.44. The van der Waals surface area contributed by atoms with Crippen molar-refractivity contribution in [2.75, 3.05) is 19.7 Å². The lowest BCUT2D eigenvalue weighted by atomic mass is 9.89. The quantitative estimate of drug-likeness (QED) is 0.738. The minimum atomic E-state index is 0.0793. The Bertz CT molecular complexity index is 287. The smallest absolute Gasteiger partial charge is 0.240 e. The van der Waals surface area contributed by atoms with Crippen LogP contribution in [0.1, 0.15) is 38.5 Å². The van der Waals surface area contributed by atoms with Gasteiger partial charge in [0.05, 0.1) is 24.8 Å². The third kappa shape index (κ3) is 2.20. The number of nitrogens with one attached hydrogen (secondary N) is 1. The zero-order chi connectivity index (χ0) is 11.7. The first kappa shape index (κ1) is 11.5. The maximum absolute atomic E-state index is 12.5. The van der Waals surface area contributed by atoms with Gasteiger partial charge in [-0.25, -0.2) is 0 Å². The molecule has 0 spiro atoms. The van der Waals surface area contributed by atoms with Crippen LogP contribution in [0.4, 0.5) is 0 Å². The average molecular weight is 238 g/mol. The lowest BCUT2D eigenvalue weighted by Crippen LogP contribution is -2.58. The number of nitrogens with zero attached hydrogens (tertiary/aromatic N) is 1. The van der Waals surface area contributed by atoms with Crippen LogP contribution in [0.25, 0.3) is 0 Å². The zero-order valence-electron chi connectivity index (χ0n) is 10.4. The molecule has 2 saturated heterocycles. The van der Waals surface area contributed by atoms with Crippen LogP contribution < -0.4 is 5.32 Å². The molecule has 1 saturated carbocycles. The van der Waals surface area contributed by atoms with E-state index in [0.29, 0.717) is 18.1 Å². The van der Waals surface area contributed by atoms with Crippen LogP contribution in [0.3, 0.4) is 0 Å². The van der Waals surface area contributed by atoms with Crippen molar-refractivity contribution in [3.05, 3.63) is 0 Å². The summed E-state index contributed by atoms with van der Waals surface area (Å²) in [6.45, 7) is 2.51. The van der Waals surface area contributed by atoms with E-state index in [2.05, 4.69) is 10.2 Å². The first-order valence-corrected chi connectivity index (χ1v) is 7.02. The highest BCUT2D eigenvalue weighted by Crippen LogP contribution is 2.29. The molecule has 0 bridgehead atoms. The minimum absolute atomic E-state index is 0.0793. The van der Waals surface area contributed by atoms with Gasteiger partial charge in [0, 0.05) is 6.54 Å². The Kier molecular flexibility index (Phi) is 3.34. The van der Waals surface area contributed by atoms with Gasteiger partial charge < -0.3 is 15.0 Å². The van der Waals surface area contributed by atoms with E-state index in [-0.39, 0.29) is 6.04 Å². The predicted octanol–water partition coefficient (Wildman–Crippen LogP) is 0.908. The van der Waals surface area contributed by atoms with Gasteiger partial charge in [-0.1, -0.05) is 12.8 Å². The highest BCUT2D eigenvalue weighted by molar-refractivity contribution is 5.82. The van der Waals surface area contributed by atoms with Crippen LogP contribution in [0.2, 0.25) is 0 Å². The predicted molar refractivity (Wildman–Crippen MR) is 64.7 cm³/mol. The van der Waals surface area contributed by atoms with Crippen molar-refractivity contribution < 1.29 is 9.53 Å². The summed E-state index contributed by atoms with van der Waals surface area (Å²) in [5.74, 6) is 0.322. The van der Waals surface area contributed by atoms with Crippen LogP contribution in [-0.2, 0) is 9.53 Å². The number of carbonyl (C=O) groups excluding carboxylic acids is 1. The Labute approximate surface area is 103 Å². The van der Waals surface area contributed by atoms with Crippen molar-refractivity contribution in [1.29, 1.82) is 0 Å². The number of amides is 1. The van der Waals surface area contributed by atoms with Gasteiger partial charge in [0.25, 0.3) is 0 Å². The van der Waals surface area contributed by atoms with Crippen molar-refractivity contribution >= 4 is 5.91 Å². The van der Waals surface area contributed by atoms with Crippen molar-refractivity contribution in [1.82, 2.24) is 10.2 Å². The number of fused-ring (bicyclic) bond motifs is 1. The molecule has 4 heteroatoms. The first-order chi connectivity index (χ1) is 8.36. The molecule has 2 unspecified atom stereocenters. The average Bonchev–Trinajstić information content (AvgIpc) is 2.91. The van der Waals surface area contributed by atoms with E-state index in [0.717, 1.165) is 45.4 Å². The highest BCUT2D eigenvalue weighted by Gasteiger charge is 2.39. The first-order valence-electron chi connectivity index (χ1n) is 7.02. The van der Waals surface area contributed by atoms with E-state index in [9.17, 15) is 4.79 Å². The molecule has 3 atom stereocenters. The molecule has 96 valence electrons. The third-order valence-corrected chi connectivity index (χ3v) is 4.37. The minimum Gasteiger partial charge on any atom is -0.374 e. The summed E-state index contributed by atoms with van der Waals surface area (Å²) >= 11 is 0. The van der Waals surface area contributed by atoms with Crippen LogP contribution in [-0.4, -0.2) is 48.7 Å². The number of carbonyl (C=O) groups is 1. The van der Waals surface area contributed by atoms with Crippen molar-refractivity contribution in [3.63, 3.8) is 0 Å². The molecule has 0 aromatic carbocycles. The Morgan fingerprint density at radius 2 is 2.06 bits per heavy atom. The normalized spacial score (nSPS) is 37.9. The van der Waals surface area contributed by atoms with E-state index in [1.54, 1.807) is 0 Å². The fourth-order valence-corrected chi connectivity index (χ4v) is 3.47. The van der Waals surface area contributed by atoms with Crippen LogP contribution in [0, 0.1) is 0 Å². The summed E-state index contributed by atoms with van der Waals surface area (Å²) in [5.41, 5.74) is 0. The number of hydrogen-bond donors (Lipinski definition) is 1. The molecule has 1 N–H and O–H groups in total. The van der Waals surface area contributed by atoms with Crippen molar-refractivity contribution in [3.8, 4) is 0 Å². The van der Waals surface area contributed by atoms with E-state index >= 15 is 0 Å². The summed E-state index contributed by atoms with van der Waals surface area (Å²) in [5, 5.41) is 3.32. The molecule has 1 amide bonds. The molecule has 4 nitrogen and oxygen atoms in total. The Morgan fingerprint density at radius 1 is 1.18 bits per heavy atom. The van der Waals surface area contributed by atoms with E-state index in [4.69, 9.17) is 4.74 Å². The molecule has 3 aliphatic rings. The van der Waals surface area contributed by atoms with Crippen molar-refractivity contribution in [2.24, 2.45) is 0 Å². The Hall–Kier alpha value is -0.610.